The SMILES string of the molecule is O=S(=O)(Oc1ccc(-c2ccc3sccc3c2)cc1)C1CCCCC1. The molecule has 1 aliphatic carbocycles. The molecule has 0 atom stereocenters. The Kier molecular flexibility index (Phi) is 4.52. The number of hydrogen-bond donors (Lipinski definition) is 0. The highest BCUT2D eigenvalue weighted by Crippen LogP contribution is 2.30. The maximum atomic E-state index is 12.4. The van der Waals surface area contributed by atoms with Crippen molar-refractivity contribution in [3.05, 3.63) is 53.9 Å². The summed E-state index contributed by atoms with van der Waals surface area (Å²) in [5.74, 6) is 0.394. The van der Waals surface area contributed by atoms with Gasteiger partial charge in [0.1, 0.15) is 5.75 Å². The van der Waals surface area contributed by atoms with Gasteiger partial charge in [0, 0.05) is 4.70 Å². The highest BCUT2D eigenvalue weighted by Gasteiger charge is 2.29. The van der Waals surface area contributed by atoms with Crippen LogP contribution in [0.4, 0.5) is 0 Å². The molecule has 5 heteroatoms. The third-order valence-electron chi connectivity index (χ3n) is 4.81. The Morgan fingerprint density at radius 1 is 0.880 bits per heavy atom. The number of benzene rings is 2. The van der Waals surface area contributed by atoms with Gasteiger partial charge in [-0.2, -0.15) is 8.42 Å². The molecule has 4 rings (SSSR count). The van der Waals surface area contributed by atoms with E-state index in [1.165, 1.54) is 10.1 Å². The van der Waals surface area contributed by atoms with Crippen molar-refractivity contribution in [3.63, 3.8) is 0 Å². The lowest BCUT2D eigenvalue weighted by Crippen LogP contribution is -2.28. The van der Waals surface area contributed by atoms with Gasteiger partial charge in [-0.05, 0) is 65.1 Å². The lowest BCUT2D eigenvalue weighted by Gasteiger charge is -2.21. The van der Waals surface area contributed by atoms with Crippen LogP contribution in [0.3, 0.4) is 0 Å². The molecule has 25 heavy (non-hydrogen) atoms. The van der Waals surface area contributed by atoms with Crippen molar-refractivity contribution in [2.75, 3.05) is 0 Å². The topological polar surface area (TPSA) is 43.4 Å². The van der Waals surface area contributed by atoms with Gasteiger partial charge in [-0.3, -0.25) is 0 Å². The summed E-state index contributed by atoms with van der Waals surface area (Å²) < 4.78 is 31.4. The number of hydrogen-bond acceptors (Lipinski definition) is 4. The highest BCUT2D eigenvalue weighted by atomic mass is 32.2. The van der Waals surface area contributed by atoms with Gasteiger partial charge in [0.05, 0.1) is 5.25 Å². The van der Waals surface area contributed by atoms with Crippen LogP contribution in [0.5, 0.6) is 5.75 Å². The zero-order valence-electron chi connectivity index (χ0n) is 13.9. The Labute approximate surface area is 152 Å². The van der Waals surface area contributed by atoms with E-state index in [0.29, 0.717) is 18.6 Å². The molecule has 1 heterocycles. The van der Waals surface area contributed by atoms with Crippen molar-refractivity contribution in [1.82, 2.24) is 0 Å². The van der Waals surface area contributed by atoms with Crippen LogP contribution in [-0.2, 0) is 10.1 Å². The third-order valence-corrected chi connectivity index (χ3v) is 7.42. The maximum Gasteiger partial charge on any atom is 0.312 e. The van der Waals surface area contributed by atoms with Crippen LogP contribution in [0.2, 0.25) is 0 Å². The Bertz CT molecular complexity index is 966. The molecule has 1 aliphatic rings. The molecule has 1 fully saturated rings. The smallest absolute Gasteiger partial charge is 0.312 e. The lowest BCUT2D eigenvalue weighted by atomic mass is 10.0. The Morgan fingerprint density at radius 3 is 2.36 bits per heavy atom. The van der Waals surface area contributed by atoms with Crippen LogP contribution < -0.4 is 4.18 Å². The second-order valence-electron chi connectivity index (χ2n) is 6.53. The average molecular weight is 373 g/mol. The molecule has 0 saturated heterocycles. The lowest BCUT2D eigenvalue weighted by molar-refractivity contribution is 0.429. The number of thiophene rings is 1. The molecule has 130 valence electrons. The standard InChI is InChI=1S/C20H20O3S2/c21-25(22,19-4-2-1-3-5-19)23-18-9-6-15(7-10-18)16-8-11-20-17(14-16)12-13-24-20/h6-14,19H,1-5H2. The molecular formula is C20H20O3S2. The molecule has 0 amide bonds. The highest BCUT2D eigenvalue weighted by molar-refractivity contribution is 7.87. The molecule has 1 saturated carbocycles. The summed E-state index contributed by atoms with van der Waals surface area (Å²) in [4.78, 5) is 0. The fraction of sp³-hybridized carbons (Fsp3) is 0.300. The Balaban J connectivity index is 1.53. The minimum Gasteiger partial charge on any atom is -0.382 e. The molecule has 3 aromatic rings. The van der Waals surface area contributed by atoms with E-state index < -0.39 is 10.1 Å². The summed E-state index contributed by atoms with van der Waals surface area (Å²) in [5, 5.41) is 2.95. The van der Waals surface area contributed by atoms with Gasteiger partial charge >= 0.3 is 10.1 Å². The second kappa shape index (κ2) is 6.81. The summed E-state index contributed by atoms with van der Waals surface area (Å²) >= 11 is 1.73. The van der Waals surface area contributed by atoms with E-state index in [4.69, 9.17) is 4.18 Å². The van der Waals surface area contributed by atoms with Crippen molar-refractivity contribution >= 4 is 31.5 Å². The van der Waals surface area contributed by atoms with Crippen molar-refractivity contribution in [2.45, 2.75) is 37.4 Å². The van der Waals surface area contributed by atoms with E-state index in [9.17, 15) is 8.42 Å². The molecular weight excluding hydrogens is 352 g/mol. The first-order valence-corrected chi connectivity index (χ1v) is 11.0. The number of rotatable bonds is 4. The fourth-order valence-electron chi connectivity index (χ4n) is 3.41. The third kappa shape index (κ3) is 3.58. The molecule has 0 spiro atoms. The molecule has 0 bridgehead atoms. The van der Waals surface area contributed by atoms with Gasteiger partial charge in [-0.1, -0.05) is 37.5 Å². The van der Waals surface area contributed by atoms with Gasteiger partial charge in [-0.25, -0.2) is 0 Å². The molecule has 0 radical (unpaired) electrons. The second-order valence-corrected chi connectivity index (χ2v) is 9.30. The first-order chi connectivity index (χ1) is 12.1. The molecule has 3 nitrogen and oxygen atoms in total. The summed E-state index contributed by atoms with van der Waals surface area (Å²) in [6.45, 7) is 0. The zero-order chi connectivity index (χ0) is 17.3. The van der Waals surface area contributed by atoms with Gasteiger partial charge in [0.25, 0.3) is 0 Å². The maximum absolute atomic E-state index is 12.4. The largest absolute Gasteiger partial charge is 0.382 e. The molecule has 0 unspecified atom stereocenters. The van der Waals surface area contributed by atoms with E-state index in [0.717, 1.165) is 30.4 Å². The van der Waals surface area contributed by atoms with Gasteiger partial charge in [-0.15, -0.1) is 11.3 Å². The van der Waals surface area contributed by atoms with Gasteiger partial charge < -0.3 is 4.18 Å². The van der Waals surface area contributed by atoms with Crippen LogP contribution in [0.15, 0.2) is 53.9 Å². The Morgan fingerprint density at radius 2 is 1.60 bits per heavy atom. The zero-order valence-corrected chi connectivity index (χ0v) is 15.5. The van der Waals surface area contributed by atoms with E-state index in [1.807, 2.05) is 12.1 Å². The summed E-state index contributed by atoms with van der Waals surface area (Å²) in [6.07, 6.45) is 4.48. The van der Waals surface area contributed by atoms with Crippen LogP contribution >= 0.6 is 11.3 Å². The van der Waals surface area contributed by atoms with E-state index in [2.05, 4.69) is 29.6 Å². The van der Waals surface area contributed by atoms with Crippen molar-refractivity contribution in [1.29, 1.82) is 0 Å². The van der Waals surface area contributed by atoms with Crippen molar-refractivity contribution in [2.24, 2.45) is 0 Å². The quantitative estimate of drug-likeness (QED) is 0.559. The van der Waals surface area contributed by atoms with Crippen molar-refractivity contribution in [3.8, 4) is 16.9 Å². The minimum absolute atomic E-state index is 0.359. The number of fused-ring (bicyclic) bond motifs is 1. The van der Waals surface area contributed by atoms with Crippen LogP contribution in [0, 0.1) is 0 Å². The van der Waals surface area contributed by atoms with Crippen molar-refractivity contribution < 1.29 is 12.6 Å². The van der Waals surface area contributed by atoms with E-state index in [-0.39, 0.29) is 5.25 Å². The van der Waals surface area contributed by atoms with Crippen LogP contribution in [0.1, 0.15) is 32.1 Å². The fourth-order valence-corrected chi connectivity index (χ4v) is 5.60. The molecule has 0 N–H and O–H groups in total. The summed E-state index contributed by atoms with van der Waals surface area (Å²) in [5.41, 5.74) is 2.17. The van der Waals surface area contributed by atoms with E-state index >= 15 is 0 Å². The van der Waals surface area contributed by atoms with E-state index in [1.54, 1.807) is 23.5 Å². The van der Waals surface area contributed by atoms with Crippen LogP contribution in [0.25, 0.3) is 21.2 Å². The predicted molar refractivity (Wildman–Crippen MR) is 104 cm³/mol. The Hall–Kier alpha value is -1.85. The van der Waals surface area contributed by atoms with Gasteiger partial charge in [0.15, 0.2) is 0 Å². The van der Waals surface area contributed by atoms with Gasteiger partial charge in [0.2, 0.25) is 0 Å². The summed E-state index contributed by atoms with van der Waals surface area (Å²) in [7, 11) is -3.53. The van der Waals surface area contributed by atoms with Crippen LogP contribution in [-0.4, -0.2) is 13.7 Å². The average Bonchev–Trinajstić information content (AvgIpc) is 3.10. The summed E-state index contributed by atoms with van der Waals surface area (Å²) in [6, 6.07) is 15.8. The normalized spacial score (nSPS) is 16.2. The predicted octanol–water partition coefficient (Wildman–Crippen LogP) is 5.61. The first-order valence-electron chi connectivity index (χ1n) is 8.63. The first kappa shape index (κ1) is 16.6. The molecule has 2 aromatic carbocycles. The molecule has 0 aliphatic heterocycles. The monoisotopic (exact) mass is 372 g/mol. The minimum atomic E-state index is -3.53. The molecule has 1 aromatic heterocycles.